The van der Waals surface area contributed by atoms with Crippen LogP contribution in [0.5, 0.6) is 0 Å². The average molecular weight is 226 g/mol. The van der Waals surface area contributed by atoms with E-state index in [2.05, 4.69) is 15.4 Å². The van der Waals surface area contributed by atoms with Crippen LogP contribution in [0.25, 0.3) is 0 Å². The molecule has 6 nitrogen and oxygen atoms in total. The zero-order valence-electron chi connectivity index (χ0n) is 9.79. The molecule has 3 unspecified atom stereocenters. The summed E-state index contributed by atoms with van der Waals surface area (Å²) >= 11 is 0. The van der Waals surface area contributed by atoms with E-state index in [4.69, 9.17) is 5.11 Å². The molecule has 0 spiro atoms. The number of nitrogens with one attached hydrogen (secondary N) is 1. The first kappa shape index (κ1) is 12.6. The van der Waals surface area contributed by atoms with Crippen LogP contribution in [0.2, 0.25) is 0 Å². The molecule has 0 saturated heterocycles. The van der Waals surface area contributed by atoms with Crippen LogP contribution < -0.4 is 5.32 Å². The number of aliphatic hydroxyl groups is 1. The highest BCUT2D eigenvalue weighted by Gasteiger charge is 2.19. The third kappa shape index (κ3) is 3.03. The number of aliphatic hydroxyl groups excluding tert-OH is 1. The lowest BCUT2D eigenvalue weighted by atomic mass is 10.0. The Morgan fingerprint density at radius 2 is 2.19 bits per heavy atom. The molecule has 0 radical (unpaired) electrons. The van der Waals surface area contributed by atoms with Crippen LogP contribution in [0.1, 0.15) is 26.8 Å². The van der Waals surface area contributed by atoms with E-state index in [-0.39, 0.29) is 24.5 Å². The van der Waals surface area contributed by atoms with E-state index in [1.807, 2.05) is 13.8 Å². The summed E-state index contributed by atoms with van der Waals surface area (Å²) < 4.78 is 1.49. The summed E-state index contributed by atoms with van der Waals surface area (Å²) in [5.41, 5.74) is 0. The van der Waals surface area contributed by atoms with Gasteiger partial charge in [0, 0.05) is 12.6 Å². The zero-order chi connectivity index (χ0) is 12.1. The second-order valence-electron chi connectivity index (χ2n) is 4.01. The van der Waals surface area contributed by atoms with Gasteiger partial charge < -0.3 is 10.4 Å². The summed E-state index contributed by atoms with van der Waals surface area (Å²) in [4.78, 5) is 15.6. The minimum absolute atomic E-state index is 0.0342. The van der Waals surface area contributed by atoms with Gasteiger partial charge in [-0.15, -0.1) is 0 Å². The Balaban J connectivity index is 2.52. The van der Waals surface area contributed by atoms with Gasteiger partial charge in [-0.1, -0.05) is 6.92 Å². The van der Waals surface area contributed by atoms with Crippen molar-refractivity contribution in [2.75, 3.05) is 6.61 Å². The fourth-order valence-electron chi connectivity index (χ4n) is 1.18. The molecule has 1 amide bonds. The molecule has 6 heteroatoms. The maximum atomic E-state index is 11.8. The predicted molar refractivity (Wildman–Crippen MR) is 58.6 cm³/mol. The quantitative estimate of drug-likeness (QED) is 0.739. The number of carbonyl (C=O) groups excluding carboxylic acids is 1. The molecule has 1 aromatic rings. The monoisotopic (exact) mass is 226 g/mol. The van der Waals surface area contributed by atoms with E-state index in [1.165, 1.54) is 17.3 Å². The van der Waals surface area contributed by atoms with Gasteiger partial charge in [0.05, 0.1) is 0 Å². The average Bonchev–Trinajstić information content (AvgIpc) is 2.79. The van der Waals surface area contributed by atoms with Crippen LogP contribution in [0.4, 0.5) is 0 Å². The highest BCUT2D eigenvalue weighted by atomic mass is 16.3. The lowest BCUT2D eigenvalue weighted by Crippen LogP contribution is -2.41. The topological polar surface area (TPSA) is 80.0 Å². The van der Waals surface area contributed by atoms with Gasteiger partial charge in [0.1, 0.15) is 18.7 Å². The minimum atomic E-state index is -0.393. The molecule has 90 valence electrons. The number of nitrogens with zero attached hydrogens (tertiary/aromatic N) is 3. The molecule has 3 atom stereocenters. The van der Waals surface area contributed by atoms with Crippen molar-refractivity contribution >= 4 is 5.91 Å². The number of carbonyl (C=O) groups is 1. The maximum absolute atomic E-state index is 11.8. The summed E-state index contributed by atoms with van der Waals surface area (Å²) in [5.74, 6) is -0.0924. The van der Waals surface area contributed by atoms with E-state index in [9.17, 15) is 4.79 Å². The normalized spacial score (nSPS) is 16.5. The molecular formula is C10H18N4O2. The minimum Gasteiger partial charge on any atom is -0.396 e. The molecule has 0 bridgehead atoms. The Hall–Kier alpha value is -1.43. The van der Waals surface area contributed by atoms with Gasteiger partial charge in [-0.05, 0) is 19.8 Å². The highest BCUT2D eigenvalue weighted by molar-refractivity contribution is 5.79. The Kier molecular flexibility index (Phi) is 4.42. The van der Waals surface area contributed by atoms with Gasteiger partial charge in [-0.3, -0.25) is 4.79 Å². The van der Waals surface area contributed by atoms with E-state index in [0.717, 1.165) is 0 Å². The maximum Gasteiger partial charge on any atom is 0.244 e. The van der Waals surface area contributed by atoms with Gasteiger partial charge in [0.2, 0.25) is 5.91 Å². The highest BCUT2D eigenvalue weighted by Crippen LogP contribution is 2.06. The van der Waals surface area contributed by atoms with Crippen molar-refractivity contribution in [2.24, 2.45) is 5.92 Å². The second kappa shape index (κ2) is 5.60. The van der Waals surface area contributed by atoms with Crippen molar-refractivity contribution in [1.82, 2.24) is 20.1 Å². The predicted octanol–water partition coefficient (Wildman–Crippen LogP) is -0.0278. The molecule has 0 saturated carbocycles. The van der Waals surface area contributed by atoms with E-state index < -0.39 is 6.04 Å². The van der Waals surface area contributed by atoms with Gasteiger partial charge in [0.15, 0.2) is 0 Å². The Bertz CT molecular complexity index is 326. The van der Waals surface area contributed by atoms with E-state index in [0.29, 0.717) is 0 Å². The van der Waals surface area contributed by atoms with Crippen LogP contribution in [0.15, 0.2) is 12.7 Å². The molecule has 0 fully saturated rings. The molecular weight excluding hydrogens is 208 g/mol. The molecule has 16 heavy (non-hydrogen) atoms. The lowest BCUT2D eigenvalue weighted by Gasteiger charge is -2.21. The van der Waals surface area contributed by atoms with E-state index >= 15 is 0 Å². The molecule has 2 N–H and O–H groups in total. The van der Waals surface area contributed by atoms with E-state index in [1.54, 1.807) is 6.92 Å². The van der Waals surface area contributed by atoms with Crippen molar-refractivity contribution < 1.29 is 9.90 Å². The number of rotatable bonds is 5. The van der Waals surface area contributed by atoms with Crippen molar-refractivity contribution in [3.63, 3.8) is 0 Å². The smallest absolute Gasteiger partial charge is 0.244 e. The third-order valence-electron chi connectivity index (χ3n) is 2.72. The number of hydrogen-bond donors (Lipinski definition) is 2. The molecule has 0 aliphatic rings. The Morgan fingerprint density at radius 3 is 2.69 bits per heavy atom. The molecule has 1 heterocycles. The zero-order valence-corrected chi connectivity index (χ0v) is 9.79. The summed E-state index contributed by atoms with van der Waals surface area (Å²) in [6, 6.07) is -0.459. The first-order valence-electron chi connectivity index (χ1n) is 5.31. The summed E-state index contributed by atoms with van der Waals surface area (Å²) in [6.45, 7) is 5.55. The van der Waals surface area contributed by atoms with Crippen molar-refractivity contribution in [3.8, 4) is 0 Å². The largest absolute Gasteiger partial charge is 0.396 e. The fourth-order valence-corrected chi connectivity index (χ4v) is 1.18. The molecule has 1 rings (SSSR count). The third-order valence-corrected chi connectivity index (χ3v) is 2.72. The molecule has 0 aliphatic carbocycles. The van der Waals surface area contributed by atoms with Crippen LogP contribution in [-0.2, 0) is 4.79 Å². The van der Waals surface area contributed by atoms with Gasteiger partial charge in [0.25, 0.3) is 0 Å². The summed E-state index contributed by atoms with van der Waals surface area (Å²) in [7, 11) is 0. The Labute approximate surface area is 94.7 Å². The second-order valence-corrected chi connectivity index (χ2v) is 4.01. The SMILES string of the molecule is CC(CO)C(C)NC(=O)C(C)n1cncn1. The van der Waals surface area contributed by atoms with Crippen molar-refractivity contribution in [2.45, 2.75) is 32.9 Å². The van der Waals surface area contributed by atoms with Crippen LogP contribution in [0, 0.1) is 5.92 Å². The van der Waals surface area contributed by atoms with Gasteiger partial charge in [-0.2, -0.15) is 5.10 Å². The van der Waals surface area contributed by atoms with Gasteiger partial charge in [-0.25, -0.2) is 9.67 Å². The molecule has 1 aromatic heterocycles. The van der Waals surface area contributed by atoms with Crippen molar-refractivity contribution in [3.05, 3.63) is 12.7 Å². The molecule has 0 aromatic carbocycles. The Morgan fingerprint density at radius 1 is 1.50 bits per heavy atom. The van der Waals surface area contributed by atoms with Crippen LogP contribution in [-0.4, -0.2) is 38.4 Å². The fraction of sp³-hybridized carbons (Fsp3) is 0.700. The number of aromatic nitrogens is 3. The van der Waals surface area contributed by atoms with Crippen LogP contribution in [0.3, 0.4) is 0 Å². The summed E-state index contributed by atoms with van der Waals surface area (Å²) in [5, 5.41) is 15.7. The summed E-state index contributed by atoms with van der Waals surface area (Å²) in [6.07, 6.45) is 2.90. The van der Waals surface area contributed by atoms with Crippen LogP contribution >= 0.6 is 0 Å². The lowest BCUT2D eigenvalue weighted by molar-refractivity contribution is -0.125. The van der Waals surface area contributed by atoms with Gasteiger partial charge >= 0.3 is 0 Å². The van der Waals surface area contributed by atoms with Crippen molar-refractivity contribution in [1.29, 1.82) is 0 Å². The number of hydrogen-bond acceptors (Lipinski definition) is 4. The standard InChI is InChI=1S/C10H18N4O2/c1-7(4-15)8(2)13-10(16)9(3)14-6-11-5-12-14/h5-9,15H,4H2,1-3H3,(H,13,16). The first-order chi connectivity index (χ1) is 7.56. The molecule has 0 aliphatic heterocycles. The first-order valence-corrected chi connectivity index (χ1v) is 5.31. The number of amides is 1.